The number of hydrazine groups is 1. The SMILES string of the molecule is CN(N)/C(=N\N)N1CCC(NC(=O)c2cnc3ccc(Cl)cc3c2)CC1. The molecule has 1 saturated heterocycles. The van der Waals surface area contributed by atoms with Gasteiger partial charge in [0.05, 0.1) is 11.1 Å². The summed E-state index contributed by atoms with van der Waals surface area (Å²) in [6.07, 6.45) is 3.15. The summed E-state index contributed by atoms with van der Waals surface area (Å²) < 4.78 is 0. The number of halogens is 1. The molecule has 2 aromatic rings. The Morgan fingerprint density at radius 2 is 2.12 bits per heavy atom. The van der Waals surface area contributed by atoms with Gasteiger partial charge in [0.25, 0.3) is 5.91 Å². The molecule has 0 spiro atoms. The number of nitrogens with two attached hydrogens (primary N) is 2. The summed E-state index contributed by atoms with van der Waals surface area (Å²) in [7, 11) is 1.69. The third-order valence-corrected chi connectivity index (χ3v) is 4.68. The highest BCUT2D eigenvalue weighted by atomic mass is 35.5. The summed E-state index contributed by atoms with van der Waals surface area (Å²) in [6.45, 7) is 1.43. The zero-order chi connectivity index (χ0) is 18.7. The maximum Gasteiger partial charge on any atom is 0.253 e. The second-order valence-electron chi connectivity index (χ2n) is 6.34. The monoisotopic (exact) mass is 375 g/mol. The van der Waals surface area contributed by atoms with Crippen molar-refractivity contribution in [3.05, 3.63) is 41.0 Å². The predicted octanol–water partition coefficient (Wildman–Crippen LogP) is 1.12. The van der Waals surface area contributed by atoms with Crippen LogP contribution in [0.15, 0.2) is 35.6 Å². The molecular formula is C17H22ClN7O. The van der Waals surface area contributed by atoms with Crippen molar-refractivity contribution in [3.63, 3.8) is 0 Å². The number of pyridine rings is 1. The summed E-state index contributed by atoms with van der Waals surface area (Å²) in [4.78, 5) is 18.9. The lowest BCUT2D eigenvalue weighted by molar-refractivity contribution is 0.0921. The van der Waals surface area contributed by atoms with Gasteiger partial charge < -0.3 is 16.1 Å². The van der Waals surface area contributed by atoms with Crippen LogP contribution in [0.4, 0.5) is 0 Å². The number of carbonyl (C=O) groups is 1. The van der Waals surface area contributed by atoms with Crippen LogP contribution in [-0.2, 0) is 0 Å². The first kappa shape index (κ1) is 18.2. The van der Waals surface area contributed by atoms with Gasteiger partial charge in [-0.25, -0.2) is 5.84 Å². The van der Waals surface area contributed by atoms with Crippen LogP contribution >= 0.6 is 11.6 Å². The molecule has 1 aliphatic heterocycles. The zero-order valence-electron chi connectivity index (χ0n) is 14.5. The van der Waals surface area contributed by atoms with Gasteiger partial charge in [-0.05, 0) is 37.1 Å². The molecule has 0 unspecified atom stereocenters. The van der Waals surface area contributed by atoms with E-state index in [1.807, 2.05) is 11.0 Å². The summed E-state index contributed by atoms with van der Waals surface area (Å²) >= 11 is 6.02. The fraction of sp³-hybridized carbons (Fsp3) is 0.353. The molecule has 26 heavy (non-hydrogen) atoms. The van der Waals surface area contributed by atoms with Crippen LogP contribution < -0.4 is 17.0 Å². The van der Waals surface area contributed by atoms with Gasteiger partial charge in [-0.3, -0.25) is 14.8 Å². The number of benzene rings is 1. The van der Waals surface area contributed by atoms with Crippen LogP contribution in [0.3, 0.4) is 0 Å². The molecule has 0 bridgehead atoms. The van der Waals surface area contributed by atoms with Crippen molar-refractivity contribution in [2.24, 2.45) is 16.8 Å². The Kier molecular flexibility index (Phi) is 5.43. The molecule has 1 aromatic heterocycles. The van der Waals surface area contributed by atoms with Gasteiger partial charge in [-0.15, -0.1) is 5.10 Å². The molecule has 8 nitrogen and oxygen atoms in total. The van der Waals surface area contributed by atoms with E-state index in [4.69, 9.17) is 23.3 Å². The van der Waals surface area contributed by atoms with Gasteiger partial charge in [-0.2, -0.15) is 0 Å². The number of amides is 1. The third-order valence-electron chi connectivity index (χ3n) is 4.45. The zero-order valence-corrected chi connectivity index (χ0v) is 15.3. The molecule has 9 heteroatoms. The van der Waals surface area contributed by atoms with E-state index >= 15 is 0 Å². The maximum absolute atomic E-state index is 12.6. The molecule has 0 radical (unpaired) electrons. The van der Waals surface area contributed by atoms with Crippen molar-refractivity contribution < 1.29 is 4.79 Å². The highest BCUT2D eigenvalue weighted by Crippen LogP contribution is 2.19. The molecular weight excluding hydrogens is 354 g/mol. The number of fused-ring (bicyclic) bond motifs is 1. The number of piperidine rings is 1. The van der Waals surface area contributed by atoms with Crippen molar-refractivity contribution in [1.29, 1.82) is 0 Å². The lowest BCUT2D eigenvalue weighted by atomic mass is 10.0. The van der Waals surface area contributed by atoms with Crippen LogP contribution in [0.1, 0.15) is 23.2 Å². The van der Waals surface area contributed by atoms with Crippen LogP contribution in [0, 0.1) is 0 Å². The van der Waals surface area contributed by atoms with E-state index in [1.54, 1.807) is 31.4 Å². The number of likely N-dealkylation sites (tertiary alicyclic amines) is 1. The fourth-order valence-corrected chi connectivity index (χ4v) is 3.30. The van der Waals surface area contributed by atoms with Gasteiger partial charge in [0.2, 0.25) is 5.96 Å². The smallest absolute Gasteiger partial charge is 0.253 e. The Hall–Kier alpha value is -2.58. The molecule has 0 saturated carbocycles. The highest BCUT2D eigenvalue weighted by Gasteiger charge is 2.24. The molecule has 1 fully saturated rings. The van der Waals surface area contributed by atoms with E-state index in [2.05, 4.69) is 15.4 Å². The molecule has 1 aromatic carbocycles. The van der Waals surface area contributed by atoms with Crippen molar-refractivity contribution in [2.75, 3.05) is 20.1 Å². The van der Waals surface area contributed by atoms with E-state index in [0.717, 1.165) is 23.7 Å². The van der Waals surface area contributed by atoms with Crippen molar-refractivity contribution >= 4 is 34.4 Å². The topological polar surface area (TPSA) is 113 Å². The lowest BCUT2D eigenvalue weighted by Gasteiger charge is -2.35. The Balaban J connectivity index is 1.62. The van der Waals surface area contributed by atoms with Crippen LogP contribution in [0.5, 0.6) is 0 Å². The minimum atomic E-state index is -0.138. The fourth-order valence-electron chi connectivity index (χ4n) is 3.11. The molecule has 1 amide bonds. The molecule has 2 heterocycles. The Morgan fingerprint density at radius 1 is 1.38 bits per heavy atom. The molecule has 0 aliphatic carbocycles. The van der Waals surface area contributed by atoms with Crippen molar-refractivity contribution in [3.8, 4) is 0 Å². The number of nitrogens with zero attached hydrogens (tertiary/aromatic N) is 4. The quantitative estimate of drug-likeness (QED) is 0.314. The number of nitrogens with one attached hydrogen (secondary N) is 1. The summed E-state index contributed by atoms with van der Waals surface area (Å²) in [6, 6.07) is 7.30. The van der Waals surface area contributed by atoms with Gasteiger partial charge >= 0.3 is 0 Å². The van der Waals surface area contributed by atoms with Gasteiger partial charge in [-0.1, -0.05) is 11.6 Å². The number of hydrogen-bond acceptors (Lipinski definition) is 5. The van der Waals surface area contributed by atoms with Crippen molar-refractivity contribution in [2.45, 2.75) is 18.9 Å². The van der Waals surface area contributed by atoms with E-state index in [-0.39, 0.29) is 11.9 Å². The normalized spacial score (nSPS) is 16.0. The Morgan fingerprint density at radius 3 is 2.77 bits per heavy atom. The summed E-state index contributed by atoms with van der Waals surface area (Å²) in [5, 5.41) is 9.64. The first-order valence-corrected chi connectivity index (χ1v) is 8.73. The number of hydrogen-bond donors (Lipinski definition) is 3. The van der Waals surface area contributed by atoms with E-state index in [0.29, 0.717) is 29.6 Å². The van der Waals surface area contributed by atoms with Crippen LogP contribution in [-0.4, -0.2) is 52.9 Å². The standard InChI is InChI=1S/C17H22ClN7O/c1-24(20)17(23-19)25-6-4-14(5-7-25)22-16(26)12-8-11-9-13(18)2-3-15(11)21-10-12/h2-3,8-10,14H,4-7,19-20H2,1H3,(H,22,26)/b23-17+. The Bertz CT molecular complexity index is 831. The van der Waals surface area contributed by atoms with E-state index in [9.17, 15) is 4.79 Å². The van der Waals surface area contributed by atoms with Gasteiger partial charge in [0, 0.05) is 42.8 Å². The lowest BCUT2D eigenvalue weighted by Crippen LogP contribution is -2.52. The molecule has 3 rings (SSSR count). The minimum absolute atomic E-state index is 0.0795. The first-order chi connectivity index (χ1) is 12.5. The number of hydrazone groups is 1. The van der Waals surface area contributed by atoms with E-state index < -0.39 is 0 Å². The van der Waals surface area contributed by atoms with Crippen molar-refractivity contribution in [1.82, 2.24) is 20.2 Å². The second-order valence-corrected chi connectivity index (χ2v) is 6.77. The average Bonchev–Trinajstić information content (AvgIpc) is 2.62. The second kappa shape index (κ2) is 7.76. The third kappa shape index (κ3) is 3.97. The van der Waals surface area contributed by atoms with Gasteiger partial charge in [0.1, 0.15) is 0 Å². The van der Waals surface area contributed by atoms with Crippen LogP contribution in [0.2, 0.25) is 5.02 Å². The first-order valence-electron chi connectivity index (χ1n) is 8.35. The minimum Gasteiger partial charge on any atom is -0.349 e. The predicted molar refractivity (Wildman–Crippen MR) is 102 cm³/mol. The number of aromatic nitrogens is 1. The molecule has 5 N–H and O–H groups in total. The highest BCUT2D eigenvalue weighted by molar-refractivity contribution is 6.31. The van der Waals surface area contributed by atoms with Gasteiger partial charge in [0.15, 0.2) is 0 Å². The number of rotatable bonds is 2. The summed E-state index contributed by atoms with van der Waals surface area (Å²) in [5.41, 5.74) is 1.33. The Labute approximate surface area is 156 Å². The van der Waals surface area contributed by atoms with Crippen LogP contribution in [0.25, 0.3) is 10.9 Å². The molecule has 0 atom stereocenters. The maximum atomic E-state index is 12.6. The average molecular weight is 376 g/mol. The number of carbonyl (C=O) groups excluding carboxylic acids is 1. The molecule has 138 valence electrons. The largest absolute Gasteiger partial charge is 0.349 e. The molecule has 1 aliphatic rings. The number of guanidine groups is 1. The van der Waals surface area contributed by atoms with E-state index in [1.165, 1.54) is 5.01 Å². The summed E-state index contributed by atoms with van der Waals surface area (Å²) in [5.74, 6) is 11.5.